The summed E-state index contributed by atoms with van der Waals surface area (Å²) in [7, 11) is 0. The number of hydrogen-bond acceptors (Lipinski definition) is 4. The van der Waals surface area contributed by atoms with Gasteiger partial charge in [0, 0.05) is 25.6 Å². The molecule has 0 amide bonds. The van der Waals surface area contributed by atoms with Crippen LogP contribution in [0.3, 0.4) is 0 Å². The topological polar surface area (TPSA) is 66.2 Å². The second kappa shape index (κ2) is 10.8. The third kappa shape index (κ3) is 5.95. The molecule has 1 saturated carbocycles. The maximum absolute atomic E-state index is 12.6. The number of piperazine rings is 1. The Bertz CT molecular complexity index is 767. The first-order chi connectivity index (χ1) is 14.5. The molecule has 6 nitrogen and oxygen atoms in total. The Morgan fingerprint density at radius 3 is 2.43 bits per heavy atom. The van der Waals surface area contributed by atoms with Gasteiger partial charge in [0.1, 0.15) is 17.5 Å². The van der Waals surface area contributed by atoms with E-state index in [-0.39, 0.29) is 17.5 Å². The summed E-state index contributed by atoms with van der Waals surface area (Å²) in [5, 5.41) is 4.04. The van der Waals surface area contributed by atoms with Crippen LogP contribution in [-0.4, -0.2) is 73.6 Å². The first-order valence-corrected chi connectivity index (χ1v) is 11.4. The van der Waals surface area contributed by atoms with Gasteiger partial charge in [0.05, 0.1) is 39.3 Å². The van der Waals surface area contributed by atoms with Crippen LogP contribution in [0.5, 0.6) is 0 Å². The smallest absolute Gasteiger partial charge is 0.169 e. The van der Waals surface area contributed by atoms with E-state index in [0.717, 1.165) is 49.9 Å². The Hall–Kier alpha value is -2.12. The van der Waals surface area contributed by atoms with Crippen LogP contribution < -0.4 is 10.2 Å². The van der Waals surface area contributed by atoms with Crippen molar-refractivity contribution in [2.75, 3.05) is 45.8 Å². The van der Waals surface area contributed by atoms with Crippen molar-refractivity contribution in [3.05, 3.63) is 35.4 Å². The van der Waals surface area contributed by atoms with E-state index < -0.39 is 5.92 Å². The summed E-state index contributed by atoms with van der Waals surface area (Å²) in [6.45, 7) is 10.5. The largest absolute Gasteiger partial charge is 0.363 e. The highest BCUT2D eigenvalue weighted by atomic mass is 32.1. The normalized spacial score (nSPS) is 23.2. The van der Waals surface area contributed by atoms with Gasteiger partial charge in [0.15, 0.2) is 5.11 Å². The van der Waals surface area contributed by atoms with Crippen molar-refractivity contribution in [3.8, 4) is 0 Å². The summed E-state index contributed by atoms with van der Waals surface area (Å²) in [5.74, 6) is -0.655. The number of hydrogen-bond donors (Lipinski definition) is 2. The van der Waals surface area contributed by atoms with Crippen LogP contribution in [0, 0.1) is 12.8 Å². The average molecular weight is 430 g/mol. The van der Waals surface area contributed by atoms with Gasteiger partial charge in [-0.1, -0.05) is 29.8 Å². The molecule has 162 valence electrons. The number of Topliss-reactive ketones (excluding diaryl/α,β-unsaturated/α-hetero) is 2. The number of quaternary nitrogens is 1. The molecule has 30 heavy (non-hydrogen) atoms. The third-order valence-corrected chi connectivity index (χ3v) is 6.47. The number of aryl methyl sites for hydroxylation is 1. The van der Waals surface area contributed by atoms with Crippen LogP contribution in [0.1, 0.15) is 36.8 Å². The SMILES string of the molecule is CCNC(=S)N1CC[NH+](CCN=CC2C(=O)CC(c3ccc(C)cc3)CC2=O)CC1. The fourth-order valence-corrected chi connectivity index (χ4v) is 4.50. The minimum Gasteiger partial charge on any atom is -0.363 e. The van der Waals surface area contributed by atoms with Crippen LogP contribution in [0.15, 0.2) is 29.3 Å². The number of thiocarbonyl (C=S) groups is 1. The molecule has 2 N–H and O–H groups in total. The Balaban J connectivity index is 1.42. The van der Waals surface area contributed by atoms with Gasteiger partial charge in [-0.25, -0.2) is 0 Å². The summed E-state index contributed by atoms with van der Waals surface area (Å²) in [5.41, 5.74) is 2.26. The molecule has 1 heterocycles. The lowest BCUT2D eigenvalue weighted by Gasteiger charge is -2.33. The average Bonchev–Trinajstić information content (AvgIpc) is 2.73. The molecule has 1 aromatic rings. The Labute approximate surface area is 184 Å². The molecule has 3 rings (SSSR count). The minimum atomic E-state index is -0.656. The monoisotopic (exact) mass is 429 g/mol. The highest BCUT2D eigenvalue weighted by Gasteiger charge is 2.34. The van der Waals surface area contributed by atoms with Crippen molar-refractivity contribution in [2.24, 2.45) is 10.9 Å². The van der Waals surface area contributed by atoms with Gasteiger partial charge in [0.25, 0.3) is 0 Å². The van der Waals surface area contributed by atoms with Crippen LogP contribution in [-0.2, 0) is 9.59 Å². The summed E-state index contributed by atoms with van der Waals surface area (Å²) in [4.78, 5) is 33.3. The van der Waals surface area contributed by atoms with Crippen LogP contribution in [0.2, 0.25) is 0 Å². The number of carbonyl (C=O) groups excluding carboxylic acids is 2. The quantitative estimate of drug-likeness (QED) is 0.398. The van der Waals surface area contributed by atoms with Crippen molar-refractivity contribution < 1.29 is 14.5 Å². The molecule has 0 spiro atoms. The fourth-order valence-electron chi connectivity index (χ4n) is 4.17. The van der Waals surface area contributed by atoms with E-state index in [9.17, 15) is 9.59 Å². The van der Waals surface area contributed by atoms with Gasteiger partial charge in [0.2, 0.25) is 0 Å². The van der Waals surface area contributed by atoms with Crippen molar-refractivity contribution in [1.82, 2.24) is 10.2 Å². The number of rotatable bonds is 6. The molecule has 1 saturated heterocycles. The van der Waals surface area contributed by atoms with Crippen molar-refractivity contribution in [3.63, 3.8) is 0 Å². The molecule has 0 aromatic heterocycles. The van der Waals surface area contributed by atoms with Crippen LogP contribution >= 0.6 is 12.2 Å². The van der Waals surface area contributed by atoms with Crippen LogP contribution in [0.25, 0.3) is 0 Å². The molecular weight excluding hydrogens is 396 g/mol. The number of carbonyl (C=O) groups is 2. The minimum absolute atomic E-state index is 0.00141. The van der Waals surface area contributed by atoms with Gasteiger partial charge < -0.3 is 15.1 Å². The Morgan fingerprint density at radius 1 is 1.20 bits per heavy atom. The van der Waals surface area contributed by atoms with E-state index in [1.54, 1.807) is 6.21 Å². The first-order valence-electron chi connectivity index (χ1n) is 11.0. The van der Waals surface area contributed by atoms with Crippen molar-refractivity contribution in [2.45, 2.75) is 32.6 Å². The summed E-state index contributed by atoms with van der Waals surface area (Å²) in [6, 6.07) is 8.13. The molecule has 0 atom stereocenters. The number of aliphatic imine (C=N–C) groups is 1. The van der Waals surface area contributed by atoms with E-state index in [0.29, 0.717) is 19.4 Å². The summed E-state index contributed by atoms with van der Waals surface area (Å²) in [6.07, 6.45) is 2.45. The molecule has 1 aliphatic carbocycles. The van der Waals surface area contributed by atoms with Crippen LogP contribution in [0.4, 0.5) is 0 Å². The molecule has 0 unspecified atom stereocenters. The predicted octanol–water partition coefficient (Wildman–Crippen LogP) is 0.793. The predicted molar refractivity (Wildman–Crippen MR) is 123 cm³/mol. The second-order valence-electron chi connectivity index (χ2n) is 8.30. The zero-order valence-corrected chi connectivity index (χ0v) is 18.8. The number of benzene rings is 1. The van der Waals surface area contributed by atoms with Gasteiger partial charge in [-0.15, -0.1) is 0 Å². The molecular formula is C23H33N4O2S+. The van der Waals surface area contributed by atoms with Gasteiger partial charge in [-0.2, -0.15) is 0 Å². The lowest BCUT2D eigenvalue weighted by atomic mass is 9.77. The van der Waals surface area contributed by atoms with Gasteiger partial charge in [-0.3, -0.25) is 14.6 Å². The summed E-state index contributed by atoms with van der Waals surface area (Å²) < 4.78 is 0. The van der Waals surface area contributed by atoms with E-state index in [1.807, 2.05) is 31.2 Å². The number of ketones is 2. The van der Waals surface area contributed by atoms with Crippen molar-refractivity contribution in [1.29, 1.82) is 0 Å². The molecule has 0 radical (unpaired) electrons. The number of nitrogens with zero attached hydrogens (tertiary/aromatic N) is 2. The van der Waals surface area contributed by atoms with E-state index >= 15 is 0 Å². The Morgan fingerprint density at radius 2 is 1.83 bits per heavy atom. The lowest BCUT2D eigenvalue weighted by Crippen LogP contribution is -3.15. The maximum Gasteiger partial charge on any atom is 0.169 e. The second-order valence-corrected chi connectivity index (χ2v) is 8.69. The van der Waals surface area contributed by atoms with E-state index in [4.69, 9.17) is 12.2 Å². The van der Waals surface area contributed by atoms with E-state index in [2.05, 4.69) is 22.1 Å². The maximum atomic E-state index is 12.6. The van der Waals surface area contributed by atoms with Gasteiger partial charge >= 0.3 is 0 Å². The van der Waals surface area contributed by atoms with Crippen molar-refractivity contribution >= 4 is 35.1 Å². The molecule has 1 aromatic carbocycles. The first kappa shape index (κ1) is 22.6. The highest BCUT2D eigenvalue weighted by molar-refractivity contribution is 7.80. The van der Waals surface area contributed by atoms with E-state index in [1.165, 1.54) is 10.5 Å². The standard InChI is InChI=1S/C23H32N4O2S/c1-3-25-23(30)27-12-10-26(11-13-27)9-8-24-16-20-21(28)14-19(15-22(20)29)18-6-4-17(2)5-7-18/h4-7,16,19-20H,3,8-15H2,1-2H3,(H,25,30)/p+1. The third-order valence-electron chi connectivity index (χ3n) is 6.07. The zero-order chi connectivity index (χ0) is 21.5. The van der Waals surface area contributed by atoms with Gasteiger partial charge in [-0.05, 0) is 37.5 Å². The lowest BCUT2D eigenvalue weighted by molar-refractivity contribution is -0.902. The molecule has 1 aliphatic heterocycles. The molecule has 0 bridgehead atoms. The zero-order valence-electron chi connectivity index (χ0n) is 18.0. The molecule has 2 aliphatic rings. The summed E-state index contributed by atoms with van der Waals surface area (Å²) >= 11 is 5.38. The molecule has 7 heteroatoms. The fraction of sp³-hybridized carbons (Fsp3) is 0.565. The number of nitrogens with one attached hydrogen (secondary N) is 2. The molecule has 2 fully saturated rings. The Kier molecular flexibility index (Phi) is 8.10. The highest BCUT2D eigenvalue weighted by Crippen LogP contribution is 2.31.